The van der Waals surface area contributed by atoms with Crippen molar-refractivity contribution >= 4 is 11.8 Å². The van der Waals surface area contributed by atoms with E-state index < -0.39 is 0 Å². The zero-order chi connectivity index (χ0) is 19.6. The minimum Gasteiger partial charge on any atom is -0.462 e. The first kappa shape index (κ1) is 19.4. The van der Waals surface area contributed by atoms with Gasteiger partial charge in [0.2, 0.25) is 0 Å². The number of aliphatic hydroxyl groups is 1. The maximum Gasteiger partial charge on any atom is 0.302 e. The van der Waals surface area contributed by atoms with E-state index in [2.05, 4.69) is 13.8 Å². The van der Waals surface area contributed by atoms with Gasteiger partial charge in [-0.05, 0) is 86.9 Å². The molecule has 0 aliphatic heterocycles. The number of hydrogen-bond acceptors (Lipinski definition) is 4. The van der Waals surface area contributed by atoms with Crippen LogP contribution in [0.5, 0.6) is 0 Å². The van der Waals surface area contributed by atoms with Crippen molar-refractivity contribution < 1.29 is 19.4 Å². The molecule has 4 aliphatic rings. The normalized spacial score (nSPS) is 51.7. The first-order valence-corrected chi connectivity index (χ1v) is 11.0. The number of esters is 1. The molecule has 4 fully saturated rings. The van der Waals surface area contributed by atoms with Crippen LogP contribution < -0.4 is 0 Å². The smallest absolute Gasteiger partial charge is 0.302 e. The highest BCUT2D eigenvalue weighted by Gasteiger charge is 2.63. The Morgan fingerprint density at radius 2 is 1.59 bits per heavy atom. The summed E-state index contributed by atoms with van der Waals surface area (Å²) in [5, 5.41) is 10.3. The van der Waals surface area contributed by atoms with Crippen molar-refractivity contribution in [3.8, 4) is 0 Å². The number of fused-ring (bicyclic) bond motifs is 5. The largest absolute Gasteiger partial charge is 0.462 e. The van der Waals surface area contributed by atoms with Crippen LogP contribution in [0.1, 0.15) is 79.1 Å². The Hall–Kier alpha value is -0.900. The van der Waals surface area contributed by atoms with Gasteiger partial charge >= 0.3 is 5.97 Å². The predicted octanol–water partition coefficient (Wildman–Crippen LogP) is 4.14. The van der Waals surface area contributed by atoms with Crippen molar-refractivity contribution in [2.75, 3.05) is 0 Å². The predicted molar refractivity (Wildman–Crippen MR) is 103 cm³/mol. The summed E-state index contributed by atoms with van der Waals surface area (Å²) in [7, 11) is 0. The number of ketones is 1. The highest BCUT2D eigenvalue weighted by Crippen LogP contribution is 2.67. The van der Waals surface area contributed by atoms with Gasteiger partial charge in [-0.15, -0.1) is 0 Å². The number of hydrogen-bond donors (Lipinski definition) is 1. The van der Waals surface area contributed by atoms with Crippen molar-refractivity contribution in [3.05, 3.63) is 0 Å². The van der Waals surface area contributed by atoms with Crippen molar-refractivity contribution in [2.24, 2.45) is 40.4 Å². The Balaban J connectivity index is 1.71. The van der Waals surface area contributed by atoms with Gasteiger partial charge in [0.25, 0.3) is 0 Å². The van der Waals surface area contributed by atoms with Crippen molar-refractivity contribution in [2.45, 2.75) is 91.3 Å². The van der Waals surface area contributed by atoms with Crippen molar-refractivity contribution in [1.82, 2.24) is 0 Å². The van der Waals surface area contributed by atoms with Gasteiger partial charge in [0.1, 0.15) is 11.9 Å². The van der Waals surface area contributed by atoms with E-state index in [1.165, 1.54) is 6.92 Å². The summed E-state index contributed by atoms with van der Waals surface area (Å²) in [4.78, 5) is 24.2. The summed E-state index contributed by atoms with van der Waals surface area (Å²) < 4.78 is 5.93. The van der Waals surface area contributed by atoms with E-state index >= 15 is 0 Å². The summed E-state index contributed by atoms with van der Waals surface area (Å²) in [6.07, 6.45) is 7.75. The fraction of sp³-hybridized carbons (Fsp3) is 0.913. The van der Waals surface area contributed by atoms with E-state index in [1.807, 2.05) is 0 Å². The van der Waals surface area contributed by atoms with Crippen LogP contribution in [0, 0.1) is 40.4 Å². The molecule has 27 heavy (non-hydrogen) atoms. The lowest BCUT2D eigenvalue weighted by atomic mass is 9.44. The molecule has 4 rings (SSSR count). The number of Topliss-reactive ketones (excluding diaryl/α,β-unsaturated/α-hetero) is 1. The van der Waals surface area contributed by atoms with Crippen LogP contribution in [0.3, 0.4) is 0 Å². The molecule has 3 unspecified atom stereocenters. The number of carbonyl (C=O) groups is 2. The highest BCUT2D eigenvalue weighted by atomic mass is 16.5. The Kier molecular flexibility index (Phi) is 4.73. The monoisotopic (exact) mass is 376 g/mol. The second kappa shape index (κ2) is 6.57. The zero-order valence-electron chi connectivity index (χ0n) is 17.4. The topological polar surface area (TPSA) is 63.6 Å². The molecule has 9 atom stereocenters. The summed E-state index contributed by atoms with van der Waals surface area (Å²) in [6.45, 7) is 8.05. The van der Waals surface area contributed by atoms with Gasteiger partial charge in [0.05, 0.1) is 6.10 Å². The molecule has 0 heterocycles. The Morgan fingerprint density at radius 1 is 0.926 bits per heavy atom. The van der Waals surface area contributed by atoms with Crippen molar-refractivity contribution in [3.63, 3.8) is 0 Å². The van der Waals surface area contributed by atoms with E-state index in [1.54, 1.807) is 6.92 Å². The van der Waals surface area contributed by atoms with Gasteiger partial charge in [-0.2, -0.15) is 0 Å². The van der Waals surface area contributed by atoms with Gasteiger partial charge in [-0.1, -0.05) is 13.8 Å². The molecule has 0 amide bonds. The summed E-state index contributed by atoms with van der Waals surface area (Å²) in [5.41, 5.74) is 0.291. The van der Waals surface area contributed by atoms with Crippen LogP contribution in [-0.4, -0.2) is 29.1 Å². The molecule has 0 saturated heterocycles. The van der Waals surface area contributed by atoms with Crippen LogP contribution in [0.4, 0.5) is 0 Å². The Morgan fingerprint density at radius 3 is 2.26 bits per heavy atom. The minimum atomic E-state index is -0.208. The standard InChI is InChI=1S/C23H36O4/c1-13(24)17-5-6-18-21-19(8-10-23(17,18)4)22(3)9-7-16(26)11-15(22)12-20(21)27-14(2)25/h15-21,26H,5-12H2,1-4H3/t15-,16-,17-,18?,19?,20-,21?,22+,23-/m1/s1. The van der Waals surface area contributed by atoms with E-state index in [9.17, 15) is 14.7 Å². The van der Waals surface area contributed by atoms with Crippen LogP contribution >= 0.6 is 0 Å². The highest BCUT2D eigenvalue weighted by molar-refractivity contribution is 5.79. The molecule has 0 aromatic carbocycles. The van der Waals surface area contributed by atoms with Gasteiger partial charge in [-0.3, -0.25) is 9.59 Å². The van der Waals surface area contributed by atoms with Crippen LogP contribution in [0.15, 0.2) is 0 Å². The third-order valence-corrected chi connectivity index (χ3v) is 9.44. The second-order valence-corrected chi connectivity index (χ2v) is 10.6. The molecule has 4 aliphatic carbocycles. The van der Waals surface area contributed by atoms with Crippen LogP contribution in [0.25, 0.3) is 0 Å². The maximum atomic E-state index is 12.3. The van der Waals surface area contributed by atoms with E-state index in [0.29, 0.717) is 29.5 Å². The molecule has 4 nitrogen and oxygen atoms in total. The lowest BCUT2D eigenvalue weighted by Gasteiger charge is -2.62. The minimum absolute atomic E-state index is 0.0498. The molecular formula is C23H36O4. The first-order chi connectivity index (χ1) is 12.7. The van der Waals surface area contributed by atoms with Gasteiger partial charge in [0.15, 0.2) is 0 Å². The van der Waals surface area contributed by atoms with E-state index in [-0.39, 0.29) is 34.9 Å². The molecule has 0 bridgehead atoms. The maximum absolute atomic E-state index is 12.3. The third-order valence-electron chi connectivity index (χ3n) is 9.44. The first-order valence-electron chi connectivity index (χ1n) is 11.0. The summed E-state index contributed by atoms with van der Waals surface area (Å²) in [5.74, 6) is 2.13. The van der Waals surface area contributed by atoms with Gasteiger partial charge in [0, 0.05) is 18.8 Å². The van der Waals surface area contributed by atoms with E-state index in [0.717, 1.165) is 51.4 Å². The van der Waals surface area contributed by atoms with Crippen LogP contribution in [-0.2, 0) is 14.3 Å². The summed E-state index contributed by atoms with van der Waals surface area (Å²) in [6, 6.07) is 0. The molecule has 0 aromatic rings. The van der Waals surface area contributed by atoms with Crippen molar-refractivity contribution in [1.29, 1.82) is 0 Å². The lowest BCUT2D eigenvalue weighted by molar-refractivity contribution is -0.193. The molecule has 1 N–H and O–H groups in total. The molecular weight excluding hydrogens is 340 g/mol. The fourth-order valence-electron chi connectivity index (χ4n) is 8.18. The molecule has 152 valence electrons. The Bertz CT molecular complexity index is 630. The average Bonchev–Trinajstić information content (AvgIpc) is 2.93. The number of rotatable bonds is 2. The van der Waals surface area contributed by atoms with Gasteiger partial charge in [-0.25, -0.2) is 0 Å². The number of aliphatic hydroxyl groups excluding tert-OH is 1. The van der Waals surface area contributed by atoms with Crippen LogP contribution in [0.2, 0.25) is 0 Å². The fourth-order valence-corrected chi connectivity index (χ4v) is 8.18. The zero-order valence-corrected chi connectivity index (χ0v) is 17.4. The molecule has 0 aromatic heterocycles. The Labute approximate surface area is 163 Å². The number of carbonyl (C=O) groups excluding carboxylic acids is 2. The third kappa shape index (κ3) is 2.89. The second-order valence-electron chi connectivity index (χ2n) is 10.6. The number of ether oxygens (including phenoxy) is 1. The van der Waals surface area contributed by atoms with Gasteiger partial charge < -0.3 is 9.84 Å². The quantitative estimate of drug-likeness (QED) is 0.736. The average molecular weight is 377 g/mol. The molecule has 0 radical (unpaired) electrons. The molecule has 4 heteroatoms. The lowest BCUT2D eigenvalue weighted by Crippen LogP contribution is -2.59. The molecule has 0 spiro atoms. The SMILES string of the molecule is CC(=O)O[C@@H]1C[C@H]2C[C@H](O)CC[C@]2(C)C2CC[C@@]3(C)C(CC[C@@H]3C(C)=O)C21. The molecule has 4 saturated carbocycles. The van der Waals surface area contributed by atoms with E-state index in [4.69, 9.17) is 4.74 Å². The summed E-state index contributed by atoms with van der Waals surface area (Å²) >= 11 is 0.